The number of morpholine rings is 1. The second kappa shape index (κ2) is 8.75. The Morgan fingerprint density at radius 1 is 1.14 bits per heavy atom. The summed E-state index contributed by atoms with van der Waals surface area (Å²) in [5, 5.41) is 4.12. The number of aryl methyl sites for hydroxylation is 1. The molecule has 1 atom stereocenters. The molecule has 29 heavy (non-hydrogen) atoms. The average molecular weight is 414 g/mol. The van der Waals surface area contributed by atoms with Gasteiger partial charge in [0.2, 0.25) is 11.9 Å². The first-order valence-electron chi connectivity index (χ1n) is 9.63. The first-order chi connectivity index (χ1) is 14.1. The van der Waals surface area contributed by atoms with Crippen molar-refractivity contribution in [3.05, 3.63) is 58.9 Å². The quantitative estimate of drug-likeness (QED) is 0.665. The second-order valence-corrected chi connectivity index (χ2v) is 7.54. The topological polar surface area (TPSA) is 81.0 Å². The fourth-order valence-electron chi connectivity index (χ4n) is 3.20. The van der Waals surface area contributed by atoms with Crippen LogP contribution in [0.5, 0.6) is 0 Å². The minimum Gasteiger partial charge on any atom is -0.378 e. The van der Waals surface area contributed by atoms with Crippen LogP contribution in [0.15, 0.2) is 36.8 Å². The van der Waals surface area contributed by atoms with Gasteiger partial charge in [0, 0.05) is 31.4 Å². The van der Waals surface area contributed by atoms with E-state index in [1.807, 2.05) is 42.1 Å². The number of aromatic nitrogens is 5. The van der Waals surface area contributed by atoms with Gasteiger partial charge in [0.25, 0.3) is 0 Å². The Balaban J connectivity index is 1.60. The van der Waals surface area contributed by atoms with E-state index in [0.29, 0.717) is 42.4 Å². The van der Waals surface area contributed by atoms with Gasteiger partial charge in [0.1, 0.15) is 5.82 Å². The van der Waals surface area contributed by atoms with Crippen molar-refractivity contribution in [3.8, 4) is 0 Å². The Labute approximate surface area is 174 Å². The number of anilines is 2. The molecular weight excluding hydrogens is 390 g/mol. The highest BCUT2D eigenvalue weighted by Gasteiger charge is 2.18. The van der Waals surface area contributed by atoms with Crippen LogP contribution >= 0.6 is 11.6 Å². The lowest BCUT2D eigenvalue weighted by Crippen LogP contribution is -2.37. The largest absolute Gasteiger partial charge is 0.378 e. The summed E-state index contributed by atoms with van der Waals surface area (Å²) in [6, 6.07) is 7.79. The predicted octanol–water partition coefficient (Wildman–Crippen LogP) is 2.86. The fraction of sp³-hybridized carbons (Fsp3) is 0.400. The van der Waals surface area contributed by atoms with Crippen LogP contribution < -0.4 is 10.2 Å². The van der Waals surface area contributed by atoms with Gasteiger partial charge in [-0.15, -0.1) is 0 Å². The van der Waals surface area contributed by atoms with Crippen LogP contribution in [0.4, 0.5) is 11.9 Å². The van der Waals surface area contributed by atoms with Crippen LogP contribution in [0.3, 0.4) is 0 Å². The van der Waals surface area contributed by atoms with Gasteiger partial charge in [-0.1, -0.05) is 23.7 Å². The van der Waals surface area contributed by atoms with Crippen LogP contribution in [-0.2, 0) is 18.2 Å². The zero-order valence-corrected chi connectivity index (χ0v) is 17.3. The summed E-state index contributed by atoms with van der Waals surface area (Å²) in [6.07, 6.45) is 4.30. The second-order valence-electron chi connectivity index (χ2n) is 7.10. The van der Waals surface area contributed by atoms with Crippen molar-refractivity contribution < 1.29 is 4.74 Å². The zero-order chi connectivity index (χ0) is 20.2. The van der Waals surface area contributed by atoms with Gasteiger partial charge in [-0.3, -0.25) is 0 Å². The van der Waals surface area contributed by atoms with E-state index in [1.54, 1.807) is 6.33 Å². The lowest BCUT2D eigenvalue weighted by molar-refractivity contribution is 0.122. The monoisotopic (exact) mass is 413 g/mol. The summed E-state index contributed by atoms with van der Waals surface area (Å²) in [5.74, 6) is 1.90. The maximum atomic E-state index is 6.01. The van der Waals surface area contributed by atoms with E-state index in [-0.39, 0.29) is 6.04 Å². The Hall–Kier alpha value is -2.71. The summed E-state index contributed by atoms with van der Waals surface area (Å²) < 4.78 is 7.38. The van der Waals surface area contributed by atoms with E-state index in [0.717, 1.165) is 24.3 Å². The fourth-order valence-corrected chi connectivity index (χ4v) is 3.33. The summed E-state index contributed by atoms with van der Waals surface area (Å²) >= 11 is 6.01. The van der Waals surface area contributed by atoms with Crippen molar-refractivity contribution >= 4 is 23.5 Å². The lowest BCUT2D eigenvalue weighted by Gasteiger charge is -2.27. The average Bonchev–Trinajstić information content (AvgIpc) is 3.13. The molecule has 1 aliphatic heterocycles. The van der Waals surface area contributed by atoms with Crippen LogP contribution in [0.2, 0.25) is 5.02 Å². The third kappa shape index (κ3) is 5.02. The molecule has 0 spiro atoms. The summed E-state index contributed by atoms with van der Waals surface area (Å²) in [5.41, 5.74) is 2.03. The summed E-state index contributed by atoms with van der Waals surface area (Å²) in [7, 11) is 1.95. The van der Waals surface area contributed by atoms with Gasteiger partial charge < -0.3 is 19.5 Å². The molecule has 1 aromatic carbocycles. The van der Waals surface area contributed by atoms with E-state index in [2.05, 4.69) is 32.1 Å². The van der Waals surface area contributed by atoms with E-state index in [4.69, 9.17) is 21.3 Å². The van der Waals surface area contributed by atoms with Crippen molar-refractivity contribution in [2.45, 2.75) is 19.4 Å². The number of benzene rings is 1. The third-order valence-electron chi connectivity index (χ3n) is 4.78. The molecule has 3 aromatic rings. The van der Waals surface area contributed by atoms with Gasteiger partial charge in [-0.05, 0) is 24.6 Å². The van der Waals surface area contributed by atoms with Crippen LogP contribution in [0.25, 0.3) is 0 Å². The molecule has 0 radical (unpaired) electrons. The number of hydrogen-bond donors (Lipinski definition) is 1. The molecule has 0 amide bonds. The zero-order valence-electron chi connectivity index (χ0n) is 16.5. The maximum absolute atomic E-state index is 6.01. The van der Waals surface area contributed by atoms with E-state index < -0.39 is 0 Å². The standard InChI is InChI=1S/C20H24ClN7O/c1-14(15-3-5-16(21)6-4-15)23-19-24-18(11-17-12-27(2)13-22-17)25-20(26-19)28-7-9-29-10-8-28/h3-6,12-14H,7-11H2,1-2H3,(H,23,24,25,26)/t14-/m0/s1. The molecular formula is C20H24ClN7O. The molecule has 1 N–H and O–H groups in total. The number of hydrogen-bond acceptors (Lipinski definition) is 7. The molecule has 1 aliphatic rings. The van der Waals surface area contributed by atoms with Crippen LogP contribution in [0, 0.1) is 0 Å². The molecule has 0 unspecified atom stereocenters. The Morgan fingerprint density at radius 2 is 1.90 bits per heavy atom. The van der Waals surface area contributed by atoms with E-state index in [1.165, 1.54) is 0 Å². The normalized spacial score (nSPS) is 15.3. The number of nitrogens with one attached hydrogen (secondary N) is 1. The van der Waals surface area contributed by atoms with Crippen LogP contribution in [-0.4, -0.2) is 50.8 Å². The first-order valence-corrected chi connectivity index (χ1v) is 10.0. The van der Waals surface area contributed by atoms with Gasteiger partial charge in [-0.25, -0.2) is 4.98 Å². The van der Waals surface area contributed by atoms with E-state index in [9.17, 15) is 0 Å². The molecule has 3 heterocycles. The van der Waals surface area contributed by atoms with Crippen molar-refractivity contribution in [1.82, 2.24) is 24.5 Å². The molecule has 8 nitrogen and oxygen atoms in total. The molecule has 0 saturated carbocycles. The minimum absolute atomic E-state index is 0.0231. The highest BCUT2D eigenvalue weighted by Crippen LogP contribution is 2.21. The van der Waals surface area contributed by atoms with Crippen LogP contribution in [0.1, 0.15) is 30.0 Å². The van der Waals surface area contributed by atoms with Crippen molar-refractivity contribution in [2.75, 3.05) is 36.5 Å². The van der Waals surface area contributed by atoms with Crippen molar-refractivity contribution in [2.24, 2.45) is 7.05 Å². The summed E-state index contributed by atoms with van der Waals surface area (Å²) in [4.78, 5) is 20.5. The van der Waals surface area contributed by atoms with Gasteiger partial charge in [-0.2, -0.15) is 15.0 Å². The molecule has 4 rings (SSSR count). The molecule has 2 aromatic heterocycles. The SMILES string of the molecule is C[C@H](Nc1nc(Cc2cn(C)cn2)nc(N2CCOCC2)n1)c1ccc(Cl)cc1. The Bertz CT molecular complexity index is 954. The molecule has 152 valence electrons. The van der Waals surface area contributed by atoms with Gasteiger partial charge >= 0.3 is 0 Å². The number of imidazole rings is 1. The van der Waals surface area contributed by atoms with Crippen molar-refractivity contribution in [1.29, 1.82) is 0 Å². The maximum Gasteiger partial charge on any atom is 0.230 e. The van der Waals surface area contributed by atoms with Gasteiger partial charge in [0.15, 0.2) is 0 Å². The molecule has 0 aliphatic carbocycles. The summed E-state index contributed by atoms with van der Waals surface area (Å²) in [6.45, 7) is 4.94. The molecule has 1 saturated heterocycles. The number of nitrogens with zero attached hydrogens (tertiary/aromatic N) is 6. The first kappa shape index (κ1) is 19.6. The lowest BCUT2D eigenvalue weighted by atomic mass is 10.1. The molecule has 1 fully saturated rings. The van der Waals surface area contributed by atoms with Crippen molar-refractivity contribution in [3.63, 3.8) is 0 Å². The number of halogens is 1. The minimum atomic E-state index is 0.0231. The third-order valence-corrected chi connectivity index (χ3v) is 5.03. The van der Waals surface area contributed by atoms with E-state index >= 15 is 0 Å². The number of ether oxygens (including phenoxy) is 1. The molecule has 9 heteroatoms. The Morgan fingerprint density at radius 3 is 2.59 bits per heavy atom. The Kier molecular flexibility index (Phi) is 5.92. The van der Waals surface area contributed by atoms with Gasteiger partial charge in [0.05, 0.1) is 37.7 Å². The smallest absolute Gasteiger partial charge is 0.230 e. The predicted molar refractivity (Wildman–Crippen MR) is 112 cm³/mol. The highest BCUT2D eigenvalue weighted by molar-refractivity contribution is 6.30. The number of rotatable bonds is 6. The highest BCUT2D eigenvalue weighted by atomic mass is 35.5. The molecule has 0 bridgehead atoms.